The van der Waals surface area contributed by atoms with Crippen LogP contribution in [-0.4, -0.2) is 17.6 Å². The van der Waals surface area contributed by atoms with E-state index in [1.807, 2.05) is 6.20 Å². The molecule has 118 valence electrons. The second kappa shape index (κ2) is 8.50. The predicted molar refractivity (Wildman–Crippen MR) is 87.0 cm³/mol. The van der Waals surface area contributed by atoms with E-state index >= 15 is 0 Å². The molecule has 0 spiro atoms. The molecule has 1 aromatic heterocycles. The van der Waals surface area contributed by atoms with Gasteiger partial charge in [-0.15, -0.1) is 0 Å². The molecule has 21 heavy (non-hydrogen) atoms. The van der Waals surface area contributed by atoms with Crippen molar-refractivity contribution in [2.45, 2.75) is 65.7 Å². The van der Waals surface area contributed by atoms with Crippen molar-refractivity contribution in [2.75, 3.05) is 6.54 Å². The Morgan fingerprint density at radius 3 is 2.76 bits per heavy atom. The van der Waals surface area contributed by atoms with E-state index in [1.54, 1.807) is 0 Å². The normalized spacial score (nSPS) is 26.0. The molecule has 1 aliphatic carbocycles. The molecular weight excluding hydrogens is 260 g/mol. The minimum Gasteiger partial charge on any atom is -0.372 e. The summed E-state index contributed by atoms with van der Waals surface area (Å²) in [7, 11) is 0. The van der Waals surface area contributed by atoms with Crippen molar-refractivity contribution in [3.8, 4) is 0 Å². The van der Waals surface area contributed by atoms with Crippen molar-refractivity contribution in [3.05, 3.63) is 29.6 Å². The van der Waals surface area contributed by atoms with Crippen LogP contribution in [0.1, 0.15) is 57.7 Å². The summed E-state index contributed by atoms with van der Waals surface area (Å²) in [5, 5.41) is 3.39. The third-order valence-corrected chi connectivity index (χ3v) is 4.66. The molecule has 1 N–H and O–H groups in total. The summed E-state index contributed by atoms with van der Waals surface area (Å²) in [5.41, 5.74) is 2.29. The van der Waals surface area contributed by atoms with E-state index in [-0.39, 0.29) is 0 Å². The number of nitrogens with one attached hydrogen (secondary N) is 1. The largest absolute Gasteiger partial charge is 0.372 e. The predicted octanol–water partition coefficient (Wildman–Crippen LogP) is 3.92. The number of hydrogen-bond acceptors (Lipinski definition) is 3. The molecule has 0 aromatic carbocycles. The molecule has 0 bridgehead atoms. The molecule has 1 aromatic rings. The lowest BCUT2D eigenvalue weighted by Gasteiger charge is -2.31. The number of pyridine rings is 1. The van der Waals surface area contributed by atoms with E-state index in [1.165, 1.54) is 24.8 Å². The Kier molecular flexibility index (Phi) is 6.65. The number of ether oxygens (including phenoxy) is 1. The number of aromatic nitrogens is 1. The fraction of sp³-hybridized carbons (Fsp3) is 0.722. The first-order valence-corrected chi connectivity index (χ1v) is 8.45. The van der Waals surface area contributed by atoms with Crippen LogP contribution in [0.2, 0.25) is 0 Å². The fourth-order valence-electron chi connectivity index (χ4n) is 2.91. The molecule has 3 atom stereocenters. The first kappa shape index (κ1) is 16.4. The van der Waals surface area contributed by atoms with Gasteiger partial charge in [0.15, 0.2) is 0 Å². The molecule has 2 rings (SSSR count). The fourth-order valence-corrected chi connectivity index (χ4v) is 2.91. The van der Waals surface area contributed by atoms with Crippen molar-refractivity contribution >= 4 is 0 Å². The third kappa shape index (κ3) is 5.40. The van der Waals surface area contributed by atoms with Crippen LogP contribution in [-0.2, 0) is 17.9 Å². The SMILES string of the molecule is CCCNCc1ccc(COC2CCC(C)C(C)C2)nc1. The van der Waals surface area contributed by atoms with Gasteiger partial charge in [-0.05, 0) is 55.7 Å². The van der Waals surface area contributed by atoms with Gasteiger partial charge in [-0.25, -0.2) is 0 Å². The Bertz CT molecular complexity index is 404. The number of rotatable bonds is 7. The standard InChI is InChI=1S/C18H30N2O/c1-4-9-19-11-16-6-7-17(20-12-16)13-21-18-8-5-14(2)15(3)10-18/h6-7,12,14-15,18-19H,4-5,8-11,13H2,1-3H3. The summed E-state index contributed by atoms with van der Waals surface area (Å²) >= 11 is 0. The van der Waals surface area contributed by atoms with Crippen LogP contribution < -0.4 is 5.32 Å². The summed E-state index contributed by atoms with van der Waals surface area (Å²) in [6, 6.07) is 4.25. The Morgan fingerprint density at radius 2 is 2.10 bits per heavy atom. The maximum atomic E-state index is 6.05. The quantitative estimate of drug-likeness (QED) is 0.773. The molecule has 1 heterocycles. The summed E-state index contributed by atoms with van der Waals surface area (Å²) < 4.78 is 6.05. The topological polar surface area (TPSA) is 34.1 Å². The summed E-state index contributed by atoms with van der Waals surface area (Å²) in [6.45, 7) is 9.49. The Morgan fingerprint density at radius 1 is 1.24 bits per heavy atom. The lowest BCUT2D eigenvalue weighted by atomic mass is 9.80. The molecule has 0 radical (unpaired) electrons. The maximum Gasteiger partial charge on any atom is 0.0891 e. The summed E-state index contributed by atoms with van der Waals surface area (Å²) in [6.07, 6.45) is 7.24. The minimum atomic E-state index is 0.420. The molecule has 3 nitrogen and oxygen atoms in total. The zero-order valence-corrected chi connectivity index (χ0v) is 13.8. The van der Waals surface area contributed by atoms with Crippen molar-refractivity contribution < 1.29 is 4.74 Å². The summed E-state index contributed by atoms with van der Waals surface area (Å²) in [5.74, 6) is 1.63. The molecule has 3 unspecified atom stereocenters. The summed E-state index contributed by atoms with van der Waals surface area (Å²) in [4.78, 5) is 4.51. The van der Waals surface area contributed by atoms with E-state index < -0.39 is 0 Å². The minimum absolute atomic E-state index is 0.420. The first-order chi connectivity index (χ1) is 10.2. The van der Waals surface area contributed by atoms with E-state index in [2.05, 4.69) is 43.2 Å². The highest BCUT2D eigenvalue weighted by molar-refractivity contribution is 5.13. The zero-order valence-electron chi connectivity index (χ0n) is 13.8. The molecule has 1 aliphatic rings. The molecule has 1 saturated carbocycles. The number of nitrogens with zero attached hydrogens (tertiary/aromatic N) is 1. The smallest absolute Gasteiger partial charge is 0.0891 e. The van der Waals surface area contributed by atoms with E-state index in [0.29, 0.717) is 12.7 Å². The van der Waals surface area contributed by atoms with Gasteiger partial charge in [0.25, 0.3) is 0 Å². The van der Waals surface area contributed by atoms with Crippen LogP contribution in [0.25, 0.3) is 0 Å². The Hall–Kier alpha value is -0.930. The lowest BCUT2D eigenvalue weighted by molar-refractivity contribution is -0.00876. The third-order valence-electron chi connectivity index (χ3n) is 4.66. The molecule has 1 fully saturated rings. The second-order valence-electron chi connectivity index (χ2n) is 6.54. The van der Waals surface area contributed by atoms with Crippen LogP contribution >= 0.6 is 0 Å². The Labute approximate surface area is 129 Å². The van der Waals surface area contributed by atoms with Crippen LogP contribution in [0.5, 0.6) is 0 Å². The second-order valence-corrected chi connectivity index (χ2v) is 6.54. The van der Waals surface area contributed by atoms with Gasteiger partial charge in [-0.2, -0.15) is 0 Å². The van der Waals surface area contributed by atoms with Gasteiger partial charge in [0, 0.05) is 12.7 Å². The van der Waals surface area contributed by atoms with E-state index in [4.69, 9.17) is 4.74 Å². The highest BCUT2D eigenvalue weighted by Gasteiger charge is 2.24. The van der Waals surface area contributed by atoms with E-state index in [9.17, 15) is 0 Å². The van der Waals surface area contributed by atoms with E-state index in [0.717, 1.165) is 37.0 Å². The van der Waals surface area contributed by atoms with Gasteiger partial charge in [-0.1, -0.05) is 26.8 Å². The number of hydrogen-bond donors (Lipinski definition) is 1. The molecule has 0 aliphatic heterocycles. The average molecular weight is 290 g/mol. The molecule has 3 heteroatoms. The molecule has 0 amide bonds. The van der Waals surface area contributed by atoms with Gasteiger partial charge >= 0.3 is 0 Å². The zero-order chi connectivity index (χ0) is 15.1. The molecular formula is C18H30N2O. The highest BCUT2D eigenvalue weighted by Crippen LogP contribution is 2.31. The molecule has 0 saturated heterocycles. The van der Waals surface area contributed by atoms with Gasteiger partial charge in [0.2, 0.25) is 0 Å². The van der Waals surface area contributed by atoms with Crippen LogP contribution in [0, 0.1) is 11.8 Å². The van der Waals surface area contributed by atoms with Gasteiger partial charge in [0.05, 0.1) is 18.4 Å². The highest BCUT2D eigenvalue weighted by atomic mass is 16.5. The maximum absolute atomic E-state index is 6.05. The van der Waals surface area contributed by atoms with Crippen LogP contribution in [0.15, 0.2) is 18.3 Å². The van der Waals surface area contributed by atoms with Gasteiger partial charge in [0.1, 0.15) is 0 Å². The van der Waals surface area contributed by atoms with Gasteiger partial charge in [-0.3, -0.25) is 4.98 Å². The van der Waals surface area contributed by atoms with Gasteiger partial charge < -0.3 is 10.1 Å². The Balaban J connectivity index is 1.73. The first-order valence-electron chi connectivity index (χ1n) is 8.45. The average Bonchev–Trinajstić information content (AvgIpc) is 2.50. The van der Waals surface area contributed by atoms with Crippen molar-refractivity contribution in [2.24, 2.45) is 11.8 Å². The van der Waals surface area contributed by atoms with Crippen LogP contribution in [0.3, 0.4) is 0 Å². The van der Waals surface area contributed by atoms with Crippen molar-refractivity contribution in [1.29, 1.82) is 0 Å². The van der Waals surface area contributed by atoms with Crippen molar-refractivity contribution in [3.63, 3.8) is 0 Å². The van der Waals surface area contributed by atoms with Crippen molar-refractivity contribution in [1.82, 2.24) is 10.3 Å². The monoisotopic (exact) mass is 290 g/mol. The lowest BCUT2D eigenvalue weighted by Crippen LogP contribution is -2.26. The van der Waals surface area contributed by atoms with Crippen LogP contribution in [0.4, 0.5) is 0 Å².